The van der Waals surface area contributed by atoms with E-state index in [1.807, 2.05) is 30.3 Å². The van der Waals surface area contributed by atoms with Crippen LogP contribution in [-0.4, -0.2) is 34.0 Å². The fourth-order valence-electron chi connectivity index (χ4n) is 3.70. The highest BCUT2D eigenvalue weighted by atomic mass is 35.5. The van der Waals surface area contributed by atoms with Crippen molar-refractivity contribution in [3.8, 4) is 0 Å². The minimum Gasteiger partial charge on any atom is -0.351 e. The summed E-state index contributed by atoms with van der Waals surface area (Å²) >= 11 is 12.2. The quantitative estimate of drug-likeness (QED) is 0.596. The van der Waals surface area contributed by atoms with E-state index in [9.17, 15) is 4.79 Å². The molecule has 1 aliphatic rings. The molecule has 0 radical (unpaired) electrons. The average Bonchev–Trinajstić information content (AvgIpc) is 3.26. The molecule has 0 saturated carbocycles. The third kappa shape index (κ3) is 5.19. The van der Waals surface area contributed by atoms with Crippen LogP contribution in [0.1, 0.15) is 46.1 Å². The van der Waals surface area contributed by atoms with Crippen LogP contribution in [0.3, 0.4) is 0 Å². The Labute approximate surface area is 185 Å². The number of piperidine rings is 1. The molecule has 30 heavy (non-hydrogen) atoms. The molecule has 4 rings (SSSR count). The van der Waals surface area contributed by atoms with Crippen LogP contribution in [0.2, 0.25) is 10.0 Å². The smallest absolute Gasteiger partial charge is 0.290 e. The first-order chi connectivity index (χ1) is 14.6. The zero-order valence-corrected chi connectivity index (χ0v) is 17.9. The number of carbonyl (C=O) groups excluding carboxylic acids is 1. The van der Waals surface area contributed by atoms with Crippen LogP contribution in [0.25, 0.3) is 0 Å². The molecule has 0 unspecified atom stereocenters. The van der Waals surface area contributed by atoms with Gasteiger partial charge in [-0.25, -0.2) is 0 Å². The van der Waals surface area contributed by atoms with Gasteiger partial charge in [-0.1, -0.05) is 34.4 Å². The number of aromatic nitrogens is 2. The van der Waals surface area contributed by atoms with Crippen LogP contribution in [0.5, 0.6) is 0 Å². The van der Waals surface area contributed by atoms with Gasteiger partial charge in [0.1, 0.15) is 0 Å². The molecular weight excluding hydrogens is 423 g/mol. The third-order valence-electron chi connectivity index (χ3n) is 5.27. The first-order valence-electron chi connectivity index (χ1n) is 9.88. The predicted octanol–water partition coefficient (Wildman–Crippen LogP) is 4.69. The maximum absolute atomic E-state index is 12.4. The topological polar surface area (TPSA) is 71.3 Å². The molecule has 156 valence electrons. The molecule has 0 aliphatic carbocycles. The van der Waals surface area contributed by atoms with Gasteiger partial charge in [-0.2, -0.15) is 0 Å². The molecular formula is C22H22Cl2N4O2. The normalized spacial score (nSPS) is 17.1. The van der Waals surface area contributed by atoms with E-state index in [-0.39, 0.29) is 17.6 Å². The second kappa shape index (κ2) is 9.60. The van der Waals surface area contributed by atoms with E-state index in [0.717, 1.165) is 49.3 Å². The first-order valence-corrected chi connectivity index (χ1v) is 10.6. The van der Waals surface area contributed by atoms with Crippen molar-refractivity contribution in [1.82, 2.24) is 20.4 Å². The van der Waals surface area contributed by atoms with E-state index >= 15 is 0 Å². The number of benzene rings is 1. The summed E-state index contributed by atoms with van der Waals surface area (Å²) in [4.78, 5) is 18.7. The fourth-order valence-corrected chi connectivity index (χ4v) is 4.02. The summed E-state index contributed by atoms with van der Waals surface area (Å²) < 4.78 is 5.33. The van der Waals surface area contributed by atoms with E-state index in [0.29, 0.717) is 16.6 Å². The zero-order chi connectivity index (χ0) is 20.9. The third-order valence-corrected chi connectivity index (χ3v) is 6.01. The monoisotopic (exact) mass is 444 g/mol. The summed E-state index contributed by atoms with van der Waals surface area (Å²) in [5.74, 6) is 0.196. The highest BCUT2D eigenvalue weighted by Gasteiger charge is 2.25. The highest BCUT2D eigenvalue weighted by Crippen LogP contribution is 2.29. The standard InChI is InChI=1S/C22H22Cl2N4O2/c23-18-4-3-16(10-19(18)24)13-28-9-1-2-17(14-28)20-11-21(30-27-20)22(29)26-12-15-5-7-25-8-6-15/h3-8,10-11,17H,1-2,9,12-14H2,(H,26,29)/t17-/m0/s1. The van der Waals surface area contributed by atoms with Gasteiger partial charge in [-0.05, 0) is 54.8 Å². The van der Waals surface area contributed by atoms with E-state index in [4.69, 9.17) is 27.7 Å². The van der Waals surface area contributed by atoms with Crippen LogP contribution in [-0.2, 0) is 13.1 Å². The van der Waals surface area contributed by atoms with Crippen molar-refractivity contribution >= 4 is 29.1 Å². The van der Waals surface area contributed by atoms with Gasteiger partial charge in [0, 0.05) is 44.0 Å². The molecule has 1 N–H and O–H groups in total. The summed E-state index contributed by atoms with van der Waals surface area (Å²) in [5.41, 5.74) is 2.92. The summed E-state index contributed by atoms with van der Waals surface area (Å²) in [7, 11) is 0. The minimum absolute atomic E-state index is 0.229. The number of nitrogens with zero attached hydrogens (tertiary/aromatic N) is 3. The Kier molecular flexibility index (Phi) is 6.67. The molecule has 6 nitrogen and oxygen atoms in total. The number of pyridine rings is 1. The number of rotatable bonds is 6. The second-order valence-corrected chi connectivity index (χ2v) is 8.29. The van der Waals surface area contributed by atoms with E-state index in [1.54, 1.807) is 18.5 Å². The van der Waals surface area contributed by atoms with E-state index < -0.39 is 0 Å². The van der Waals surface area contributed by atoms with Crippen molar-refractivity contribution in [2.75, 3.05) is 13.1 Å². The lowest BCUT2D eigenvalue weighted by Gasteiger charge is -2.31. The van der Waals surface area contributed by atoms with Gasteiger partial charge in [0.2, 0.25) is 5.76 Å². The minimum atomic E-state index is -0.269. The molecule has 1 atom stereocenters. The fraction of sp³-hybridized carbons (Fsp3) is 0.318. The molecule has 0 bridgehead atoms. The van der Waals surface area contributed by atoms with Crippen LogP contribution in [0, 0.1) is 0 Å². The van der Waals surface area contributed by atoms with Crippen LogP contribution in [0.4, 0.5) is 0 Å². The van der Waals surface area contributed by atoms with Crippen LogP contribution >= 0.6 is 23.2 Å². The molecule has 1 amide bonds. The number of nitrogens with one attached hydrogen (secondary N) is 1. The molecule has 1 fully saturated rings. The van der Waals surface area contributed by atoms with Gasteiger partial charge in [0.15, 0.2) is 0 Å². The predicted molar refractivity (Wildman–Crippen MR) is 116 cm³/mol. The second-order valence-electron chi connectivity index (χ2n) is 7.48. The molecule has 0 spiro atoms. The molecule has 3 aromatic rings. The summed E-state index contributed by atoms with van der Waals surface area (Å²) in [6, 6.07) is 11.2. The van der Waals surface area contributed by atoms with Crippen LogP contribution in [0.15, 0.2) is 53.3 Å². The van der Waals surface area contributed by atoms with Gasteiger partial charge in [0.25, 0.3) is 5.91 Å². The molecule has 1 aromatic carbocycles. The zero-order valence-electron chi connectivity index (χ0n) is 16.4. The van der Waals surface area contributed by atoms with Gasteiger partial charge >= 0.3 is 0 Å². The van der Waals surface area contributed by atoms with E-state index in [1.165, 1.54) is 0 Å². The number of amides is 1. The number of carbonyl (C=O) groups is 1. The highest BCUT2D eigenvalue weighted by molar-refractivity contribution is 6.42. The Morgan fingerprint density at radius 1 is 1.13 bits per heavy atom. The number of hydrogen-bond donors (Lipinski definition) is 1. The molecule has 3 heterocycles. The maximum Gasteiger partial charge on any atom is 0.290 e. The van der Waals surface area contributed by atoms with Gasteiger partial charge < -0.3 is 9.84 Å². The molecule has 8 heteroatoms. The summed E-state index contributed by atoms with van der Waals surface area (Å²) in [6.07, 6.45) is 5.46. The Bertz CT molecular complexity index is 1010. The van der Waals surface area contributed by atoms with Crippen molar-refractivity contribution in [2.45, 2.75) is 31.8 Å². The average molecular weight is 445 g/mol. The molecule has 2 aromatic heterocycles. The lowest BCUT2D eigenvalue weighted by molar-refractivity contribution is 0.0913. The van der Waals surface area contributed by atoms with Gasteiger partial charge in [-0.15, -0.1) is 0 Å². The van der Waals surface area contributed by atoms with Gasteiger partial charge in [-0.3, -0.25) is 14.7 Å². The Hall–Kier alpha value is -2.41. The lowest BCUT2D eigenvalue weighted by atomic mass is 9.94. The lowest BCUT2D eigenvalue weighted by Crippen LogP contribution is -2.34. The SMILES string of the molecule is O=C(NCc1ccncc1)c1cc([C@H]2CCCN(Cc3ccc(Cl)c(Cl)c3)C2)no1. The maximum atomic E-state index is 12.4. The molecule has 1 aliphatic heterocycles. The summed E-state index contributed by atoms with van der Waals surface area (Å²) in [5, 5.41) is 8.16. The van der Waals surface area contributed by atoms with Gasteiger partial charge in [0.05, 0.1) is 15.7 Å². The Morgan fingerprint density at radius 3 is 2.77 bits per heavy atom. The first kappa shape index (κ1) is 20.8. The van der Waals surface area contributed by atoms with Crippen molar-refractivity contribution in [2.24, 2.45) is 0 Å². The number of likely N-dealkylation sites (tertiary alicyclic amines) is 1. The number of hydrogen-bond acceptors (Lipinski definition) is 5. The van der Waals surface area contributed by atoms with Crippen molar-refractivity contribution < 1.29 is 9.32 Å². The van der Waals surface area contributed by atoms with Crippen LogP contribution < -0.4 is 5.32 Å². The van der Waals surface area contributed by atoms with Crippen molar-refractivity contribution in [1.29, 1.82) is 0 Å². The van der Waals surface area contributed by atoms with E-state index in [2.05, 4.69) is 20.4 Å². The largest absolute Gasteiger partial charge is 0.351 e. The Balaban J connectivity index is 1.35. The Morgan fingerprint density at radius 2 is 1.97 bits per heavy atom. The van der Waals surface area contributed by atoms with Crippen molar-refractivity contribution in [3.05, 3.63) is 81.4 Å². The summed E-state index contributed by atoms with van der Waals surface area (Å²) in [6.45, 7) is 3.07. The number of halogens is 2. The van der Waals surface area contributed by atoms with Crippen molar-refractivity contribution in [3.63, 3.8) is 0 Å². The molecule has 1 saturated heterocycles.